The van der Waals surface area contributed by atoms with Crippen LogP contribution in [0.1, 0.15) is 5.56 Å². The molecule has 18 heavy (non-hydrogen) atoms. The first-order valence-electron chi connectivity index (χ1n) is 5.35. The highest BCUT2D eigenvalue weighted by Gasteiger charge is 2.11. The van der Waals surface area contributed by atoms with Gasteiger partial charge in [-0.3, -0.25) is 0 Å². The molecule has 5 nitrogen and oxygen atoms in total. The molecule has 3 rings (SSSR count). The van der Waals surface area contributed by atoms with E-state index in [2.05, 4.69) is 15.3 Å². The average molecular weight is 244 g/mol. The molecule has 90 valence electrons. The van der Waals surface area contributed by atoms with Gasteiger partial charge in [-0.15, -0.1) is 5.10 Å². The van der Waals surface area contributed by atoms with Crippen LogP contribution in [0.4, 0.5) is 4.39 Å². The quantitative estimate of drug-likeness (QED) is 0.741. The first kappa shape index (κ1) is 10.8. The second-order valence-electron chi connectivity index (χ2n) is 3.78. The molecule has 2 heterocycles. The maximum atomic E-state index is 13.1. The van der Waals surface area contributed by atoms with E-state index in [9.17, 15) is 9.50 Å². The van der Waals surface area contributed by atoms with Gasteiger partial charge in [-0.25, -0.2) is 9.37 Å². The summed E-state index contributed by atoms with van der Waals surface area (Å²) in [6.45, 7) is -0.311. The van der Waals surface area contributed by atoms with Crippen LogP contribution in [-0.2, 0) is 6.61 Å². The van der Waals surface area contributed by atoms with Gasteiger partial charge in [-0.05, 0) is 18.2 Å². The van der Waals surface area contributed by atoms with Crippen molar-refractivity contribution in [3.63, 3.8) is 0 Å². The lowest BCUT2D eigenvalue weighted by atomic mass is 10.2. The monoisotopic (exact) mass is 244 g/mol. The predicted molar refractivity (Wildman–Crippen MR) is 62.5 cm³/mol. The van der Waals surface area contributed by atoms with E-state index < -0.39 is 5.82 Å². The molecule has 0 aliphatic carbocycles. The molecule has 0 spiro atoms. The zero-order valence-electron chi connectivity index (χ0n) is 9.29. The normalized spacial score (nSPS) is 11.0. The van der Waals surface area contributed by atoms with E-state index in [-0.39, 0.29) is 6.61 Å². The maximum absolute atomic E-state index is 13.1. The van der Waals surface area contributed by atoms with Gasteiger partial charge in [-0.2, -0.15) is 4.68 Å². The van der Waals surface area contributed by atoms with Crippen LogP contribution in [-0.4, -0.2) is 25.1 Å². The van der Waals surface area contributed by atoms with E-state index in [0.717, 1.165) is 11.7 Å². The number of pyridine rings is 1. The number of aliphatic hydroxyl groups is 1. The molecule has 0 amide bonds. The highest BCUT2D eigenvalue weighted by atomic mass is 19.1. The Morgan fingerprint density at radius 3 is 2.94 bits per heavy atom. The van der Waals surface area contributed by atoms with Crippen molar-refractivity contribution >= 4 is 11.0 Å². The number of hydrogen-bond donors (Lipinski definition) is 1. The molecule has 6 heteroatoms. The maximum Gasteiger partial charge on any atom is 0.161 e. The Bertz CT molecular complexity index is 710. The third kappa shape index (κ3) is 1.63. The van der Waals surface area contributed by atoms with E-state index in [0.29, 0.717) is 16.9 Å². The summed E-state index contributed by atoms with van der Waals surface area (Å²) < 4.78 is 14.6. The average Bonchev–Trinajstić information content (AvgIpc) is 2.82. The van der Waals surface area contributed by atoms with Crippen LogP contribution >= 0.6 is 0 Å². The Morgan fingerprint density at radius 2 is 2.11 bits per heavy atom. The van der Waals surface area contributed by atoms with E-state index in [4.69, 9.17) is 0 Å². The first-order valence-corrected chi connectivity index (χ1v) is 5.35. The molecule has 1 N–H and O–H groups in total. The molecule has 0 saturated heterocycles. The van der Waals surface area contributed by atoms with Crippen molar-refractivity contribution < 1.29 is 9.50 Å². The van der Waals surface area contributed by atoms with Crippen LogP contribution in [0.2, 0.25) is 0 Å². The van der Waals surface area contributed by atoms with Crippen LogP contribution in [0.5, 0.6) is 0 Å². The van der Waals surface area contributed by atoms with E-state index in [1.54, 1.807) is 0 Å². The molecule has 0 aliphatic rings. The molecule has 1 aromatic carbocycles. The molecule has 0 unspecified atom stereocenters. The van der Waals surface area contributed by atoms with E-state index in [1.807, 2.05) is 24.3 Å². The third-order valence-corrected chi connectivity index (χ3v) is 2.63. The Labute approximate surface area is 102 Å². The Balaban J connectivity index is 2.26. The Kier molecular flexibility index (Phi) is 2.49. The van der Waals surface area contributed by atoms with E-state index in [1.165, 1.54) is 10.7 Å². The van der Waals surface area contributed by atoms with Crippen LogP contribution in [0, 0.1) is 5.82 Å². The second kappa shape index (κ2) is 4.15. The van der Waals surface area contributed by atoms with Crippen LogP contribution in [0.25, 0.3) is 16.9 Å². The fraction of sp³-hybridized carbons (Fsp3) is 0.0833. The number of fused-ring (bicyclic) bond motifs is 1. The number of aromatic nitrogens is 4. The number of hydrogen-bond acceptors (Lipinski definition) is 4. The second-order valence-corrected chi connectivity index (χ2v) is 3.78. The van der Waals surface area contributed by atoms with Gasteiger partial charge in [0.15, 0.2) is 5.82 Å². The van der Waals surface area contributed by atoms with Crippen LogP contribution in [0.3, 0.4) is 0 Å². The SMILES string of the molecule is OCc1cc(F)cnc1-n1nnc2ccccc21. The summed E-state index contributed by atoms with van der Waals surface area (Å²) in [7, 11) is 0. The summed E-state index contributed by atoms with van der Waals surface area (Å²) in [5, 5.41) is 17.2. The topological polar surface area (TPSA) is 63.8 Å². The number of aliphatic hydroxyl groups excluding tert-OH is 1. The van der Waals surface area contributed by atoms with Crippen molar-refractivity contribution in [3.8, 4) is 5.82 Å². The molecule has 0 bridgehead atoms. The molecule has 0 saturated carbocycles. The van der Waals surface area contributed by atoms with Crippen molar-refractivity contribution in [1.29, 1.82) is 0 Å². The van der Waals surface area contributed by atoms with Gasteiger partial charge in [0.25, 0.3) is 0 Å². The molecule has 0 aliphatic heterocycles. The number of halogens is 1. The van der Waals surface area contributed by atoms with Gasteiger partial charge in [0.05, 0.1) is 18.3 Å². The lowest BCUT2D eigenvalue weighted by molar-refractivity contribution is 0.280. The summed E-state index contributed by atoms with van der Waals surface area (Å²) in [5.41, 5.74) is 1.84. The number of nitrogens with zero attached hydrogens (tertiary/aromatic N) is 4. The highest BCUT2D eigenvalue weighted by molar-refractivity contribution is 5.75. The lowest BCUT2D eigenvalue weighted by Crippen LogP contribution is -2.05. The molecule has 0 fully saturated rings. The molecular weight excluding hydrogens is 235 g/mol. The van der Waals surface area contributed by atoms with Crippen molar-refractivity contribution in [2.45, 2.75) is 6.61 Å². The fourth-order valence-corrected chi connectivity index (χ4v) is 1.81. The fourth-order valence-electron chi connectivity index (χ4n) is 1.81. The molecule has 0 atom stereocenters. The van der Waals surface area contributed by atoms with Gasteiger partial charge < -0.3 is 5.11 Å². The molecule has 0 radical (unpaired) electrons. The standard InChI is InChI=1S/C12H9FN4O/c13-9-5-8(7-18)12(14-6-9)17-11-4-2-1-3-10(11)15-16-17/h1-6,18H,7H2. The van der Waals surface area contributed by atoms with Crippen molar-refractivity contribution in [2.24, 2.45) is 0 Å². The van der Waals surface area contributed by atoms with Gasteiger partial charge >= 0.3 is 0 Å². The predicted octanol–water partition coefficient (Wildman–Crippen LogP) is 1.45. The van der Waals surface area contributed by atoms with Gasteiger partial charge in [0.2, 0.25) is 0 Å². The summed E-state index contributed by atoms with van der Waals surface area (Å²) in [6, 6.07) is 8.60. The largest absolute Gasteiger partial charge is 0.392 e. The molecule has 3 aromatic rings. The van der Waals surface area contributed by atoms with Gasteiger partial charge in [0, 0.05) is 5.56 Å². The minimum absolute atomic E-state index is 0.311. The van der Waals surface area contributed by atoms with Crippen molar-refractivity contribution in [3.05, 3.63) is 47.9 Å². The summed E-state index contributed by atoms with van der Waals surface area (Å²) >= 11 is 0. The van der Waals surface area contributed by atoms with Gasteiger partial charge in [0.1, 0.15) is 11.3 Å². The molecular formula is C12H9FN4O. The van der Waals surface area contributed by atoms with Crippen LogP contribution < -0.4 is 0 Å². The van der Waals surface area contributed by atoms with Gasteiger partial charge in [-0.1, -0.05) is 17.3 Å². The zero-order valence-corrected chi connectivity index (χ0v) is 9.29. The van der Waals surface area contributed by atoms with Crippen LogP contribution in [0.15, 0.2) is 36.5 Å². The number of rotatable bonds is 2. The highest BCUT2D eigenvalue weighted by Crippen LogP contribution is 2.18. The number of para-hydroxylation sites is 1. The summed E-state index contributed by atoms with van der Waals surface area (Å²) in [4.78, 5) is 3.97. The third-order valence-electron chi connectivity index (χ3n) is 2.63. The number of benzene rings is 1. The lowest BCUT2D eigenvalue weighted by Gasteiger charge is -2.06. The summed E-state index contributed by atoms with van der Waals surface area (Å²) in [6.07, 6.45) is 1.09. The molecule has 2 aromatic heterocycles. The Hall–Kier alpha value is -2.34. The van der Waals surface area contributed by atoms with E-state index >= 15 is 0 Å². The Morgan fingerprint density at radius 1 is 1.28 bits per heavy atom. The minimum atomic E-state index is -0.493. The smallest absolute Gasteiger partial charge is 0.161 e. The minimum Gasteiger partial charge on any atom is -0.392 e. The first-order chi connectivity index (χ1) is 8.79. The van der Waals surface area contributed by atoms with Crippen molar-refractivity contribution in [1.82, 2.24) is 20.0 Å². The zero-order chi connectivity index (χ0) is 12.5. The summed E-state index contributed by atoms with van der Waals surface area (Å²) in [5.74, 6) is -0.111. The van der Waals surface area contributed by atoms with Crippen molar-refractivity contribution in [2.75, 3.05) is 0 Å².